The fourth-order valence-electron chi connectivity index (χ4n) is 3.75. The molecule has 2 aromatic heterocycles. The van der Waals surface area contributed by atoms with E-state index in [0.717, 1.165) is 44.1 Å². The Labute approximate surface area is 170 Å². The lowest BCUT2D eigenvalue weighted by atomic mass is 10.2. The first-order valence-electron chi connectivity index (χ1n) is 9.97. The molecule has 29 heavy (non-hydrogen) atoms. The standard InChI is InChI=1S/C22H27N5O2/c1-17(22(28)24-19-7-3-4-8-20(19)29-2)26-13-11-25(12-14-26)15-18-16-27-10-6-5-9-21(27)23-18/h3-10,16-17H,11-15H2,1-2H3,(H,24,28). The van der Waals surface area contributed by atoms with Crippen LogP contribution >= 0.6 is 0 Å². The van der Waals surface area contributed by atoms with Gasteiger partial charge in [0.2, 0.25) is 5.91 Å². The number of para-hydroxylation sites is 2. The van der Waals surface area contributed by atoms with E-state index < -0.39 is 0 Å². The van der Waals surface area contributed by atoms with Crippen molar-refractivity contribution in [1.29, 1.82) is 0 Å². The summed E-state index contributed by atoms with van der Waals surface area (Å²) in [6, 6.07) is 13.3. The fourth-order valence-corrected chi connectivity index (χ4v) is 3.75. The number of hydrogen-bond acceptors (Lipinski definition) is 5. The largest absolute Gasteiger partial charge is 0.495 e. The maximum Gasteiger partial charge on any atom is 0.241 e. The Morgan fingerprint density at radius 2 is 1.90 bits per heavy atom. The number of piperazine rings is 1. The highest BCUT2D eigenvalue weighted by molar-refractivity contribution is 5.95. The monoisotopic (exact) mass is 393 g/mol. The van der Waals surface area contributed by atoms with Gasteiger partial charge < -0.3 is 14.5 Å². The number of carbonyl (C=O) groups is 1. The van der Waals surface area contributed by atoms with Crippen molar-refractivity contribution in [2.24, 2.45) is 0 Å². The third-order valence-electron chi connectivity index (χ3n) is 5.50. The van der Waals surface area contributed by atoms with Gasteiger partial charge in [0, 0.05) is 45.1 Å². The molecule has 0 saturated carbocycles. The van der Waals surface area contributed by atoms with Crippen LogP contribution in [-0.4, -0.2) is 64.4 Å². The highest BCUT2D eigenvalue weighted by Crippen LogP contribution is 2.23. The first-order valence-corrected chi connectivity index (χ1v) is 9.97. The van der Waals surface area contributed by atoms with Gasteiger partial charge in [-0.2, -0.15) is 0 Å². The van der Waals surface area contributed by atoms with Crippen LogP contribution in [0.1, 0.15) is 12.6 Å². The Bertz CT molecular complexity index is 945. The van der Waals surface area contributed by atoms with Gasteiger partial charge in [0.1, 0.15) is 11.4 Å². The number of anilines is 1. The van der Waals surface area contributed by atoms with Crippen LogP contribution in [0.5, 0.6) is 5.75 Å². The summed E-state index contributed by atoms with van der Waals surface area (Å²) in [5, 5.41) is 2.99. The van der Waals surface area contributed by atoms with Crippen LogP contribution in [0.15, 0.2) is 54.9 Å². The number of rotatable bonds is 6. The van der Waals surface area contributed by atoms with E-state index in [9.17, 15) is 4.79 Å². The number of benzene rings is 1. The number of amides is 1. The summed E-state index contributed by atoms with van der Waals surface area (Å²) in [6.07, 6.45) is 4.11. The minimum Gasteiger partial charge on any atom is -0.495 e. The minimum atomic E-state index is -0.197. The molecular weight excluding hydrogens is 366 g/mol. The Kier molecular flexibility index (Phi) is 5.78. The van der Waals surface area contributed by atoms with Crippen LogP contribution in [0.2, 0.25) is 0 Å². The van der Waals surface area contributed by atoms with Gasteiger partial charge in [-0.15, -0.1) is 0 Å². The van der Waals surface area contributed by atoms with Crippen molar-refractivity contribution >= 4 is 17.2 Å². The lowest BCUT2D eigenvalue weighted by Crippen LogP contribution is -2.52. The fraction of sp³-hybridized carbons (Fsp3) is 0.364. The van der Waals surface area contributed by atoms with E-state index in [2.05, 4.69) is 30.7 Å². The van der Waals surface area contributed by atoms with E-state index in [1.165, 1.54) is 0 Å². The summed E-state index contributed by atoms with van der Waals surface area (Å²) >= 11 is 0. The molecule has 1 amide bonds. The Balaban J connectivity index is 1.31. The number of ether oxygens (including phenoxy) is 1. The number of methoxy groups -OCH3 is 1. The van der Waals surface area contributed by atoms with E-state index in [1.54, 1.807) is 7.11 Å². The smallest absolute Gasteiger partial charge is 0.241 e. The predicted molar refractivity (Wildman–Crippen MR) is 113 cm³/mol. The van der Waals surface area contributed by atoms with Gasteiger partial charge in [0.05, 0.1) is 24.5 Å². The van der Waals surface area contributed by atoms with Crippen LogP contribution in [0.3, 0.4) is 0 Å². The van der Waals surface area contributed by atoms with Crippen molar-refractivity contribution in [3.63, 3.8) is 0 Å². The van der Waals surface area contributed by atoms with Crippen molar-refractivity contribution in [2.75, 3.05) is 38.6 Å². The summed E-state index contributed by atoms with van der Waals surface area (Å²) in [7, 11) is 1.61. The molecule has 3 aromatic rings. The van der Waals surface area contributed by atoms with Crippen molar-refractivity contribution in [1.82, 2.24) is 19.2 Å². The number of aromatic nitrogens is 2. The van der Waals surface area contributed by atoms with Crippen LogP contribution in [0, 0.1) is 0 Å². The maximum absolute atomic E-state index is 12.7. The summed E-state index contributed by atoms with van der Waals surface area (Å²) in [5.74, 6) is 0.661. The second-order valence-corrected chi connectivity index (χ2v) is 7.38. The van der Waals surface area contributed by atoms with Crippen molar-refractivity contribution < 1.29 is 9.53 Å². The molecule has 152 valence electrons. The number of imidazole rings is 1. The molecule has 0 aliphatic carbocycles. The van der Waals surface area contributed by atoms with Gasteiger partial charge in [-0.3, -0.25) is 14.6 Å². The zero-order valence-corrected chi connectivity index (χ0v) is 16.9. The van der Waals surface area contributed by atoms with Gasteiger partial charge >= 0.3 is 0 Å². The number of carbonyl (C=O) groups excluding carboxylic acids is 1. The molecule has 7 heteroatoms. The molecule has 3 heterocycles. The molecule has 1 aliphatic heterocycles. The molecule has 7 nitrogen and oxygen atoms in total. The first kappa shape index (κ1) is 19.4. The third kappa shape index (κ3) is 4.41. The van der Waals surface area contributed by atoms with E-state index >= 15 is 0 Å². The third-order valence-corrected chi connectivity index (χ3v) is 5.50. The number of nitrogens with zero attached hydrogens (tertiary/aromatic N) is 4. The predicted octanol–water partition coefficient (Wildman–Crippen LogP) is 2.49. The molecule has 1 fully saturated rings. The highest BCUT2D eigenvalue weighted by Gasteiger charge is 2.26. The molecule has 1 N–H and O–H groups in total. The molecular formula is C22H27N5O2. The molecule has 1 atom stereocenters. The summed E-state index contributed by atoms with van der Waals surface area (Å²) in [5.41, 5.74) is 2.76. The minimum absolute atomic E-state index is 0.0108. The molecule has 1 unspecified atom stereocenters. The maximum atomic E-state index is 12.7. The van der Waals surface area contributed by atoms with Gasteiger partial charge in [-0.1, -0.05) is 18.2 Å². The zero-order chi connectivity index (χ0) is 20.2. The Morgan fingerprint density at radius 3 is 2.66 bits per heavy atom. The van der Waals surface area contributed by atoms with Gasteiger partial charge in [0.25, 0.3) is 0 Å². The van der Waals surface area contributed by atoms with Crippen LogP contribution < -0.4 is 10.1 Å². The van der Waals surface area contributed by atoms with Gasteiger partial charge in [0.15, 0.2) is 0 Å². The summed E-state index contributed by atoms with van der Waals surface area (Å²) < 4.78 is 7.37. The van der Waals surface area contributed by atoms with Crippen LogP contribution in [-0.2, 0) is 11.3 Å². The number of hydrogen-bond donors (Lipinski definition) is 1. The SMILES string of the molecule is COc1ccccc1NC(=O)C(C)N1CCN(Cc2cn3ccccc3n2)CC1. The van der Waals surface area contributed by atoms with Crippen LogP contribution in [0.25, 0.3) is 5.65 Å². The van der Waals surface area contributed by atoms with E-state index in [1.807, 2.05) is 55.6 Å². The van der Waals surface area contributed by atoms with E-state index in [0.29, 0.717) is 11.4 Å². The number of fused-ring (bicyclic) bond motifs is 1. The van der Waals surface area contributed by atoms with Gasteiger partial charge in [-0.25, -0.2) is 4.98 Å². The number of pyridine rings is 1. The topological polar surface area (TPSA) is 62.1 Å². The average molecular weight is 393 g/mol. The summed E-state index contributed by atoms with van der Waals surface area (Å²) in [6.45, 7) is 6.34. The highest BCUT2D eigenvalue weighted by atomic mass is 16.5. The molecule has 0 radical (unpaired) electrons. The average Bonchev–Trinajstić information content (AvgIpc) is 3.16. The quantitative estimate of drug-likeness (QED) is 0.697. The summed E-state index contributed by atoms with van der Waals surface area (Å²) in [4.78, 5) is 22.0. The molecule has 0 bridgehead atoms. The van der Waals surface area contributed by atoms with E-state index in [4.69, 9.17) is 4.74 Å². The van der Waals surface area contributed by atoms with Crippen molar-refractivity contribution in [3.8, 4) is 5.75 Å². The normalized spacial score (nSPS) is 16.6. The number of nitrogens with one attached hydrogen (secondary N) is 1. The molecule has 1 aromatic carbocycles. The first-order chi connectivity index (χ1) is 14.1. The van der Waals surface area contributed by atoms with Gasteiger partial charge in [-0.05, 0) is 31.2 Å². The van der Waals surface area contributed by atoms with E-state index in [-0.39, 0.29) is 11.9 Å². The van der Waals surface area contributed by atoms with Crippen molar-refractivity contribution in [2.45, 2.75) is 19.5 Å². The van der Waals surface area contributed by atoms with Crippen molar-refractivity contribution in [3.05, 3.63) is 60.6 Å². The molecule has 0 spiro atoms. The second kappa shape index (κ2) is 8.63. The molecule has 1 saturated heterocycles. The molecule has 1 aliphatic rings. The van der Waals surface area contributed by atoms with Crippen LogP contribution in [0.4, 0.5) is 5.69 Å². The Morgan fingerprint density at radius 1 is 1.14 bits per heavy atom. The Hall–Kier alpha value is -2.90. The lowest BCUT2D eigenvalue weighted by molar-refractivity contribution is -0.121. The zero-order valence-electron chi connectivity index (χ0n) is 16.9. The lowest BCUT2D eigenvalue weighted by Gasteiger charge is -2.37. The molecule has 4 rings (SSSR count). The second-order valence-electron chi connectivity index (χ2n) is 7.38.